The van der Waals surface area contributed by atoms with Gasteiger partial charge in [-0.2, -0.15) is 0 Å². The molecule has 0 saturated heterocycles. The molecule has 5 heteroatoms. The minimum absolute atomic E-state index is 0.292. The number of rotatable bonds is 5. The van der Waals surface area contributed by atoms with Crippen molar-refractivity contribution < 1.29 is 25.2 Å². The topological polar surface area (TPSA) is 98.0 Å². The molecular formula is C13H20O5. The highest BCUT2D eigenvalue weighted by Crippen LogP contribution is 2.15. The Labute approximate surface area is 106 Å². The number of carbonyl (C=O) groups is 1. The molecule has 18 heavy (non-hydrogen) atoms. The summed E-state index contributed by atoms with van der Waals surface area (Å²) in [5.74, 6) is -0.711. The minimum Gasteiger partial charge on any atom is -0.481 e. The summed E-state index contributed by atoms with van der Waals surface area (Å²) in [6.45, 7) is 1.41. The molecule has 0 amide bonds. The van der Waals surface area contributed by atoms with E-state index < -0.39 is 24.8 Å². The van der Waals surface area contributed by atoms with E-state index in [1.54, 1.807) is 24.3 Å². The third-order valence-electron chi connectivity index (χ3n) is 2.16. The van der Waals surface area contributed by atoms with E-state index in [0.717, 1.165) is 6.42 Å². The summed E-state index contributed by atoms with van der Waals surface area (Å²) in [6.07, 6.45) is -1.08. The van der Waals surface area contributed by atoms with Gasteiger partial charge in [0.15, 0.2) is 0 Å². The van der Waals surface area contributed by atoms with Crippen LogP contribution >= 0.6 is 0 Å². The van der Waals surface area contributed by atoms with Crippen molar-refractivity contribution in [3.8, 4) is 0 Å². The monoisotopic (exact) mass is 256 g/mol. The van der Waals surface area contributed by atoms with E-state index in [2.05, 4.69) is 0 Å². The number of aliphatic hydroxyl groups excluding tert-OH is 3. The molecule has 0 saturated carbocycles. The van der Waals surface area contributed by atoms with E-state index in [1.807, 2.05) is 13.0 Å². The van der Waals surface area contributed by atoms with E-state index in [4.69, 9.17) is 15.3 Å². The molecule has 102 valence electrons. The maximum atomic E-state index is 9.60. The van der Waals surface area contributed by atoms with Gasteiger partial charge in [0.2, 0.25) is 0 Å². The maximum Gasteiger partial charge on any atom is 0.303 e. The van der Waals surface area contributed by atoms with Crippen LogP contribution in [-0.2, 0) is 4.79 Å². The summed E-state index contributed by atoms with van der Waals surface area (Å²) in [5.41, 5.74) is 0.610. The Kier molecular flexibility index (Phi) is 8.82. The molecule has 5 nitrogen and oxygen atoms in total. The zero-order chi connectivity index (χ0) is 14.0. The van der Waals surface area contributed by atoms with Crippen LogP contribution in [0, 0.1) is 0 Å². The van der Waals surface area contributed by atoms with Gasteiger partial charge >= 0.3 is 5.97 Å². The van der Waals surface area contributed by atoms with Gasteiger partial charge in [0, 0.05) is 6.42 Å². The van der Waals surface area contributed by atoms with Crippen molar-refractivity contribution in [2.45, 2.75) is 32.0 Å². The first-order valence-corrected chi connectivity index (χ1v) is 5.76. The Morgan fingerprint density at radius 2 is 1.78 bits per heavy atom. The number of hydrogen-bond acceptors (Lipinski definition) is 4. The van der Waals surface area contributed by atoms with Crippen LogP contribution in [0.1, 0.15) is 31.4 Å². The number of benzene rings is 1. The standard InChI is InChI=1S/C9H12O3.C4H8O2/c10-6-8(11)9(12)7-4-2-1-3-5-7;1-2-3-4(5)6/h1-5,8-12H,6H2;2-3H2,1H3,(H,5,6). The summed E-state index contributed by atoms with van der Waals surface area (Å²) >= 11 is 0. The van der Waals surface area contributed by atoms with Crippen LogP contribution in [0.2, 0.25) is 0 Å². The quantitative estimate of drug-likeness (QED) is 0.628. The molecule has 0 aromatic heterocycles. The van der Waals surface area contributed by atoms with E-state index in [1.165, 1.54) is 0 Å². The van der Waals surface area contributed by atoms with Crippen molar-refractivity contribution in [2.75, 3.05) is 6.61 Å². The third kappa shape index (κ3) is 7.01. The Balaban J connectivity index is 0.000000411. The Morgan fingerprint density at radius 3 is 2.11 bits per heavy atom. The Bertz CT molecular complexity index is 325. The van der Waals surface area contributed by atoms with Gasteiger partial charge in [-0.25, -0.2) is 0 Å². The predicted octanol–water partition coefficient (Wildman–Crippen LogP) is 0.944. The average Bonchev–Trinajstić information content (AvgIpc) is 2.38. The highest BCUT2D eigenvalue weighted by Gasteiger charge is 2.16. The average molecular weight is 256 g/mol. The molecule has 0 aliphatic rings. The van der Waals surface area contributed by atoms with Gasteiger partial charge in [0.05, 0.1) is 6.61 Å². The van der Waals surface area contributed by atoms with E-state index in [0.29, 0.717) is 12.0 Å². The maximum absolute atomic E-state index is 9.60. The second-order valence-electron chi connectivity index (χ2n) is 3.75. The molecule has 0 heterocycles. The fourth-order valence-electron chi connectivity index (χ4n) is 1.19. The van der Waals surface area contributed by atoms with Crippen molar-refractivity contribution in [3.63, 3.8) is 0 Å². The van der Waals surface area contributed by atoms with Crippen molar-refractivity contribution >= 4 is 5.97 Å². The van der Waals surface area contributed by atoms with Crippen LogP contribution in [0.15, 0.2) is 30.3 Å². The van der Waals surface area contributed by atoms with Crippen LogP contribution in [0.4, 0.5) is 0 Å². The van der Waals surface area contributed by atoms with Crippen LogP contribution < -0.4 is 0 Å². The van der Waals surface area contributed by atoms with Gasteiger partial charge in [-0.05, 0) is 12.0 Å². The molecule has 0 bridgehead atoms. The molecule has 2 unspecified atom stereocenters. The van der Waals surface area contributed by atoms with E-state index >= 15 is 0 Å². The van der Waals surface area contributed by atoms with Gasteiger partial charge in [-0.15, -0.1) is 0 Å². The van der Waals surface area contributed by atoms with Crippen molar-refractivity contribution in [3.05, 3.63) is 35.9 Å². The van der Waals surface area contributed by atoms with Gasteiger partial charge in [0.25, 0.3) is 0 Å². The zero-order valence-electron chi connectivity index (χ0n) is 10.4. The third-order valence-corrected chi connectivity index (χ3v) is 2.16. The molecule has 1 aromatic rings. The zero-order valence-corrected chi connectivity index (χ0v) is 10.4. The van der Waals surface area contributed by atoms with Crippen molar-refractivity contribution in [2.24, 2.45) is 0 Å². The second kappa shape index (κ2) is 9.58. The molecule has 4 N–H and O–H groups in total. The molecular weight excluding hydrogens is 236 g/mol. The lowest BCUT2D eigenvalue weighted by Gasteiger charge is -2.15. The van der Waals surface area contributed by atoms with Gasteiger partial charge in [-0.3, -0.25) is 4.79 Å². The smallest absolute Gasteiger partial charge is 0.303 e. The van der Waals surface area contributed by atoms with Crippen LogP contribution in [0.25, 0.3) is 0 Å². The summed E-state index contributed by atoms with van der Waals surface area (Å²) in [4.78, 5) is 9.60. The first kappa shape index (κ1) is 16.6. The largest absolute Gasteiger partial charge is 0.481 e. The molecule has 1 aromatic carbocycles. The van der Waals surface area contributed by atoms with Gasteiger partial charge in [0.1, 0.15) is 12.2 Å². The van der Waals surface area contributed by atoms with Crippen molar-refractivity contribution in [1.82, 2.24) is 0 Å². The fraction of sp³-hybridized carbons (Fsp3) is 0.462. The normalized spacial score (nSPS) is 13.1. The lowest BCUT2D eigenvalue weighted by atomic mass is 10.1. The summed E-state index contributed by atoms with van der Waals surface area (Å²) in [5, 5.41) is 34.9. The summed E-state index contributed by atoms with van der Waals surface area (Å²) < 4.78 is 0. The lowest BCUT2D eigenvalue weighted by Crippen LogP contribution is -2.21. The van der Waals surface area contributed by atoms with Crippen LogP contribution in [0.5, 0.6) is 0 Å². The molecule has 0 spiro atoms. The molecule has 0 aliphatic carbocycles. The Morgan fingerprint density at radius 1 is 1.22 bits per heavy atom. The van der Waals surface area contributed by atoms with Crippen LogP contribution in [-0.4, -0.2) is 39.1 Å². The van der Waals surface area contributed by atoms with E-state index in [9.17, 15) is 9.90 Å². The number of carboxylic acids is 1. The lowest BCUT2D eigenvalue weighted by molar-refractivity contribution is -0.137. The molecule has 0 radical (unpaired) electrons. The molecule has 1 rings (SSSR count). The number of carboxylic acid groups (broad SMARTS) is 1. The van der Waals surface area contributed by atoms with E-state index in [-0.39, 0.29) is 0 Å². The SMILES string of the molecule is CCCC(=O)O.OCC(O)C(O)c1ccccc1. The highest BCUT2D eigenvalue weighted by atomic mass is 16.4. The second-order valence-corrected chi connectivity index (χ2v) is 3.75. The van der Waals surface area contributed by atoms with Gasteiger partial charge in [-0.1, -0.05) is 37.3 Å². The van der Waals surface area contributed by atoms with Crippen LogP contribution in [0.3, 0.4) is 0 Å². The Hall–Kier alpha value is -1.43. The molecule has 2 atom stereocenters. The number of hydrogen-bond donors (Lipinski definition) is 4. The first-order valence-electron chi connectivity index (χ1n) is 5.76. The minimum atomic E-state index is -1.10. The molecule has 0 aliphatic heterocycles. The number of aliphatic hydroxyl groups is 3. The molecule has 0 fully saturated rings. The number of aliphatic carboxylic acids is 1. The summed E-state index contributed by atoms with van der Waals surface area (Å²) in [7, 11) is 0. The predicted molar refractivity (Wildman–Crippen MR) is 67.0 cm³/mol. The van der Waals surface area contributed by atoms with Crippen molar-refractivity contribution in [1.29, 1.82) is 0 Å². The summed E-state index contributed by atoms with van der Waals surface area (Å²) in [6, 6.07) is 8.75. The first-order chi connectivity index (χ1) is 8.52. The highest BCUT2D eigenvalue weighted by molar-refractivity contribution is 5.66. The fourth-order valence-corrected chi connectivity index (χ4v) is 1.19. The van der Waals surface area contributed by atoms with Gasteiger partial charge < -0.3 is 20.4 Å².